The summed E-state index contributed by atoms with van der Waals surface area (Å²) in [5, 5.41) is 9.16. The van der Waals surface area contributed by atoms with Crippen LogP contribution in [0.2, 0.25) is 13.1 Å². The van der Waals surface area contributed by atoms with E-state index < -0.39 is 27.1 Å². The highest BCUT2D eigenvalue weighted by atomic mass is 28.3. The Labute approximate surface area is 171 Å². The molecule has 1 aliphatic rings. The number of aliphatic hydroxyl groups is 1. The van der Waals surface area contributed by atoms with Crippen LogP contribution in [-0.4, -0.2) is 49.0 Å². The maximum absolute atomic E-state index is 14.8. The summed E-state index contributed by atoms with van der Waals surface area (Å²) >= 11 is 0. The Morgan fingerprint density at radius 2 is 2.14 bits per heavy atom. The Hall–Kier alpha value is -2.23. The van der Waals surface area contributed by atoms with E-state index in [1.807, 2.05) is 0 Å². The van der Waals surface area contributed by atoms with Crippen molar-refractivity contribution in [3.8, 4) is 5.69 Å². The van der Waals surface area contributed by atoms with Gasteiger partial charge in [0.2, 0.25) is 9.04 Å². The van der Waals surface area contributed by atoms with Gasteiger partial charge in [-0.2, -0.15) is 0 Å². The average molecular weight is 421 g/mol. The first-order valence-corrected chi connectivity index (χ1v) is 11.9. The molecule has 7 nitrogen and oxygen atoms in total. The van der Waals surface area contributed by atoms with Crippen molar-refractivity contribution < 1.29 is 23.5 Å². The summed E-state index contributed by atoms with van der Waals surface area (Å²) in [6.45, 7) is 10.3. The topological polar surface area (TPSA) is 76.8 Å². The minimum Gasteiger partial charge on any atom is -0.441 e. The first-order valence-electron chi connectivity index (χ1n) is 9.49. The molecular formula is C20H27FN3O4Si. The van der Waals surface area contributed by atoms with E-state index in [4.69, 9.17) is 14.3 Å². The molecule has 29 heavy (non-hydrogen) atoms. The second-order valence-electron chi connectivity index (χ2n) is 8.41. The molecule has 2 heterocycles. The zero-order chi connectivity index (χ0) is 21.3. The van der Waals surface area contributed by atoms with Gasteiger partial charge in [-0.25, -0.2) is 14.2 Å². The van der Waals surface area contributed by atoms with E-state index in [1.165, 1.54) is 11.0 Å². The number of cyclic esters (lactones) is 1. The molecule has 3 rings (SSSR count). The maximum atomic E-state index is 14.8. The fourth-order valence-electron chi connectivity index (χ4n) is 3.22. The van der Waals surface area contributed by atoms with E-state index in [2.05, 4.69) is 38.8 Å². The van der Waals surface area contributed by atoms with E-state index in [-0.39, 0.29) is 24.7 Å². The molecule has 9 heteroatoms. The van der Waals surface area contributed by atoms with Gasteiger partial charge in [0.05, 0.1) is 42.7 Å². The Morgan fingerprint density at radius 1 is 1.41 bits per heavy atom. The van der Waals surface area contributed by atoms with Gasteiger partial charge in [0.25, 0.3) is 0 Å². The highest BCUT2D eigenvalue weighted by Crippen LogP contribution is 2.36. The van der Waals surface area contributed by atoms with Crippen molar-refractivity contribution in [3.05, 3.63) is 42.2 Å². The number of anilines is 1. The SMILES string of the molecule is C[Si](C)OC(c1cn(-c2ccc(N3CC(CO)OC3=O)cc2F)cn1)C(C)(C)C. The number of carbonyl (C=O) groups excluding carboxylic acids is 1. The monoisotopic (exact) mass is 420 g/mol. The lowest BCUT2D eigenvalue weighted by Gasteiger charge is -2.31. The quantitative estimate of drug-likeness (QED) is 0.722. The van der Waals surface area contributed by atoms with Crippen molar-refractivity contribution in [2.45, 2.75) is 46.1 Å². The van der Waals surface area contributed by atoms with E-state index in [0.29, 0.717) is 11.4 Å². The molecule has 0 bridgehead atoms. The van der Waals surface area contributed by atoms with Crippen LogP contribution in [-0.2, 0) is 9.16 Å². The molecule has 1 aromatic carbocycles. The molecule has 1 aromatic heterocycles. The molecule has 0 aliphatic carbocycles. The van der Waals surface area contributed by atoms with E-state index in [9.17, 15) is 9.18 Å². The summed E-state index contributed by atoms with van der Waals surface area (Å²) in [4.78, 5) is 17.7. The van der Waals surface area contributed by atoms with Crippen LogP contribution in [0.4, 0.5) is 14.9 Å². The van der Waals surface area contributed by atoms with Crippen LogP contribution in [0.5, 0.6) is 0 Å². The lowest BCUT2D eigenvalue weighted by molar-refractivity contribution is 0.0830. The largest absolute Gasteiger partial charge is 0.441 e. The van der Waals surface area contributed by atoms with Gasteiger partial charge < -0.3 is 18.8 Å². The molecule has 2 atom stereocenters. The molecule has 2 unspecified atom stereocenters. The molecule has 0 saturated carbocycles. The van der Waals surface area contributed by atoms with Gasteiger partial charge in [0, 0.05) is 6.20 Å². The zero-order valence-electron chi connectivity index (χ0n) is 17.3. The zero-order valence-corrected chi connectivity index (χ0v) is 18.3. The number of benzene rings is 1. The lowest BCUT2D eigenvalue weighted by Crippen LogP contribution is -2.26. The third kappa shape index (κ3) is 4.68. The van der Waals surface area contributed by atoms with Crippen molar-refractivity contribution in [3.63, 3.8) is 0 Å². The van der Waals surface area contributed by atoms with Crippen LogP contribution >= 0.6 is 0 Å². The van der Waals surface area contributed by atoms with Crippen molar-refractivity contribution in [2.75, 3.05) is 18.1 Å². The lowest BCUT2D eigenvalue weighted by atomic mass is 9.87. The number of carbonyl (C=O) groups is 1. The number of halogens is 1. The van der Waals surface area contributed by atoms with E-state index >= 15 is 0 Å². The molecule has 1 N–H and O–H groups in total. The summed E-state index contributed by atoms with van der Waals surface area (Å²) < 4.78 is 27.6. The molecule has 0 spiro atoms. The predicted octanol–water partition coefficient (Wildman–Crippen LogP) is 3.68. The summed E-state index contributed by atoms with van der Waals surface area (Å²) in [6.07, 6.45) is 1.97. The fraction of sp³-hybridized carbons (Fsp3) is 0.500. The summed E-state index contributed by atoms with van der Waals surface area (Å²) in [6, 6.07) is 4.53. The predicted molar refractivity (Wildman–Crippen MR) is 109 cm³/mol. The molecular weight excluding hydrogens is 393 g/mol. The molecule has 1 amide bonds. The fourth-order valence-corrected chi connectivity index (χ4v) is 4.17. The number of ether oxygens (including phenoxy) is 1. The smallest absolute Gasteiger partial charge is 0.414 e. The maximum Gasteiger partial charge on any atom is 0.414 e. The third-order valence-electron chi connectivity index (χ3n) is 4.61. The normalized spacial score (nSPS) is 18.4. The van der Waals surface area contributed by atoms with Gasteiger partial charge in [-0.1, -0.05) is 20.8 Å². The Balaban J connectivity index is 1.86. The number of hydrogen-bond acceptors (Lipinski definition) is 5. The van der Waals surface area contributed by atoms with Gasteiger partial charge in [0.1, 0.15) is 11.9 Å². The standard InChI is InChI=1S/C20H27FN3O4Si/c1-20(2,3)18(28-29(4)5)16-10-23(12-22-16)17-7-6-13(8-15(17)21)24-9-14(11-25)27-19(24)26/h6-8,10,12,14,18,25H,9,11H2,1-5H3. The van der Waals surface area contributed by atoms with Crippen LogP contribution in [0.1, 0.15) is 32.6 Å². The van der Waals surface area contributed by atoms with Crippen molar-refractivity contribution in [1.29, 1.82) is 0 Å². The molecule has 1 aliphatic heterocycles. The van der Waals surface area contributed by atoms with Gasteiger partial charge in [0.15, 0.2) is 0 Å². The molecule has 1 radical (unpaired) electrons. The molecule has 1 saturated heterocycles. The molecule has 157 valence electrons. The Morgan fingerprint density at radius 3 is 2.69 bits per heavy atom. The number of nitrogens with zero attached hydrogens (tertiary/aromatic N) is 3. The van der Waals surface area contributed by atoms with Crippen LogP contribution in [0.15, 0.2) is 30.7 Å². The average Bonchev–Trinajstić information content (AvgIpc) is 3.25. The minimum absolute atomic E-state index is 0.150. The number of hydrogen-bond donors (Lipinski definition) is 1. The summed E-state index contributed by atoms with van der Waals surface area (Å²) in [5.74, 6) is -0.490. The van der Waals surface area contributed by atoms with Crippen molar-refractivity contribution in [1.82, 2.24) is 9.55 Å². The minimum atomic E-state index is -0.943. The second-order valence-corrected chi connectivity index (χ2v) is 10.5. The Bertz CT molecular complexity index is 881. The summed E-state index contributed by atoms with van der Waals surface area (Å²) in [5.41, 5.74) is 1.31. The van der Waals surface area contributed by atoms with Crippen LogP contribution in [0, 0.1) is 11.2 Å². The van der Waals surface area contributed by atoms with E-state index in [1.54, 1.807) is 29.2 Å². The number of imidazole rings is 1. The third-order valence-corrected chi connectivity index (χ3v) is 5.32. The van der Waals surface area contributed by atoms with Crippen molar-refractivity contribution >= 4 is 20.8 Å². The van der Waals surface area contributed by atoms with Gasteiger partial charge in [-0.3, -0.25) is 4.90 Å². The van der Waals surface area contributed by atoms with Crippen LogP contribution < -0.4 is 4.90 Å². The van der Waals surface area contributed by atoms with E-state index in [0.717, 1.165) is 5.69 Å². The first-order chi connectivity index (χ1) is 13.6. The number of aromatic nitrogens is 2. The molecule has 1 fully saturated rings. The van der Waals surface area contributed by atoms with Gasteiger partial charge in [-0.05, 0) is 36.7 Å². The van der Waals surface area contributed by atoms with Crippen molar-refractivity contribution in [2.24, 2.45) is 5.41 Å². The second kappa shape index (κ2) is 8.25. The number of amides is 1. The first kappa shape index (κ1) is 21.5. The van der Waals surface area contributed by atoms with Crippen LogP contribution in [0.25, 0.3) is 5.69 Å². The highest BCUT2D eigenvalue weighted by molar-refractivity contribution is 6.48. The number of aliphatic hydroxyl groups excluding tert-OH is 1. The van der Waals surface area contributed by atoms with Crippen LogP contribution in [0.3, 0.4) is 0 Å². The molecule has 2 aromatic rings. The van der Waals surface area contributed by atoms with Gasteiger partial charge >= 0.3 is 6.09 Å². The summed E-state index contributed by atoms with van der Waals surface area (Å²) in [7, 11) is -0.943. The highest BCUT2D eigenvalue weighted by Gasteiger charge is 2.33. The number of rotatable bonds is 6. The Kier molecular flexibility index (Phi) is 6.11. The van der Waals surface area contributed by atoms with Gasteiger partial charge in [-0.15, -0.1) is 0 Å².